The van der Waals surface area contributed by atoms with Gasteiger partial charge < -0.3 is 0 Å². The molecule has 96 valence electrons. The summed E-state index contributed by atoms with van der Waals surface area (Å²) in [6.45, 7) is 3.53. The van der Waals surface area contributed by atoms with Crippen molar-refractivity contribution in [2.75, 3.05) is 0 Å². The van der Waals surface area contributed by atoms with Crippen LogP contribution in [0.4, 0.5) is 0 Å². The molecular weight excluding hydrogens is 252 g/mol. The van der Waals surface area contributed by atoms with Gasteiger partial charge in [-0.25, -0.2) is 22.8 Å². The maximum atomic E-state index is 11.9. The summed E-state index contributed by atoms with van der Waals surface area (Å²) in [7, 11) is -3.51. The SMILES string of the molecule is CC(C)NS(=O)(=O)c1cnn(-c2ccccn2)c1. The number of pyridine rings is 1. The molecule has 2 rings (SSSR count). The first-order valence-electron chi connectivity index (χ1n) is 5.47. The molecule has 1 N–H and O–H groups in total. The van der Waals surface area contributed by atoms with Gasteiger partial charge >= 0.3 is 0 Å². The summed E-state index contributed by atoms with van der Waals surface area (Å²) in [6, 6.07) is 5.18. The Labute approximate surface area is 106 Å². The molecule has 0 fully saturated rings. The first kappa shape index (κ1) is 12.7. The molecule has 6 nitrogen and oxygen atoms in total. The predicted molar refractivity (Wildman–Crippen MR) is 66.8 cm³/mol. The number of hydrogen-bond acceptors (Lipinski definition) is 4. The molecule has 0 unspecified atom stereocenters. The Balaban J connectivity index is 2.32. The standard InChI is InChI=1S/C11H14N4O2S/c1-9(2)14-18(16,17)10-7-13-15(8-10)11-5-3-4-6-12-11/h3-9,14H,1-2H3. The van der Waals surface area contributed by atoms with E-state index in [9.17, 15) is 8.42 Å². The van der Waals surface area contributed by atoms with Crippen molar-refractivity contribution in [1.29, 1.82) is 0 Å². The van der Waals surface area contributed by atoms with Crippen molar-refractivity contribution >= 4 is 10.0 Å². The second-order valence-electron chi connectivity index (χ2n) is 4.08. The Morgan fingerprint density at radius 1 is 1.33 bits per heavy atom. The lowest BCUT2D eigenvalue weighted by Gasteiger charge is -2.06. The van der Waals surface area contributed by atoms with Crippen LogP contribution in [0.5, 0.6) is 0 Å². The van der Waals surface area contributed by atoms with Crippen LogP contribution in [0.3, 0.4) is 0 Å². The normalized spacial score (nSPS) is 11.9. The van der Waals surface area contributed by atoms with Crippen LogP contribution in [0.2, 0.25) is 0 Å². The van der Waals surface area contributed by atoms with E-state index in [1.54, 1.807) is 32.2 Å². The van der Waals surface area contributed by atoms with Gasteiger partial charge in [-0.2, -0.15) is 5.10 Å². The Morgan fingerprint density at radius 2 is 2.11 bits per heavy atom. The third kappa shape index (κ3) is 2.74. The van der Waals surface area contributed by atoms with E-state index in [-0.39, 0.29) is 10.9 Å². The number of nitrogens with one attached hydrogen (secondary N) is 1. The van der Waals surface area contributed by atoms with Gasteiger partial charge in [0.1, 0.15) is 4.90 Å². The Hall–Kier alpha value is -1.73. The summed E-state index contributed by atoms with van der Waals surface area (Å²) >= 11 is 0. The maximum absolute atomic E-state index is 11.9. The van der Waals surface area contributed by atoms with E-state index in [1.165, 1.54) is 17.1 Å². The molecule has 0 spiro atoms. The smallest absolute Gasteiger partial charge is 0.237 e. The van der Waals surface area contributed by atoms with Gasteiger partial charge in [-0.3, -0.25) is 0 Å². The van der Waals surface area contributed by atoms with Crippen LogP contribution in [0.1, 0.15) is 13.8 Å². The summed E-state index contributed by atoms with van der Waals surface area (Å²) in [5, 5.41) is 4.00. The highest BCUT2D eigenvalue weighted by Crippen LogP contribution is 2.10. The topological polar surface area (TPSA) is 76.9 Å². The molecule has 0 amide bonds. The fraction of sp³-hybridized carbons (Fsp3) is 0.273. The van der Waals surface area contributed by atoms with Crippen molar-refractivity contribution in [3.8, 4) is 5.82 Å². The predicted octanol–water partition coefficient (Wildman–Crippen LogP) is 0.954. The highest BCUT2D eigenvalue weighted by Gasteiger charge is 2.17. The fourth-order valence-corrected chi connectivity index (χ4v) is 2.62. The van der Waals surface area contributed by atoms with Crippen LogP contribution in [-0.4, -0.2) is 29.2 Å². The van der Waals surface area contributed by atoms with Gasteiger partial charge in [0.2, 0.25) is 10.0 Å². The second kappa shape index (κ2) is 4.87. The molecule has 0 radical (unpaired) electrons. The molecule has 0 aliphatic rings. The quantitative estimate of drug-likeness (QED) is 0.894. The number of aromatic nitrogens is 3. The summed E-state index contributed by atoms with van der Waals surface area (Å²) < 4.78 is 27.7. The van der Waals surface area contributed by atoms with Crippen molar-refractivity contribution in [1.82, 2.24) is 19.5 Å². The minimum absolute atomic E-state index is 0.127. The lowest BCUT2D eigenvalue weighted by atomic mass is 10.4. The molecule has 0 bridgehead atoms. The average Bonchev–Trinajstić information content (AvgIpc) is 2.78. The van der Waals surface area contributed by atoms with Crippen LogP contribution in [-0.2, 0) is 10.0 Å². The average molecular weight is 266 g/mol. The van der Waals surface area contributed by atoms with Crippen LogP contribution in [0.15, 0.2) is 41.7 Å². The summed E-state index contributed by atoms with van der Waals surface area (Å²) in [6.07, 6.45) is 4.37. The van der Waals surface area contributed by atoms with Crippen molar-refractivity contribution in [3.05, 3.63) is 36.8 Å². The van der Waals surface area contributed by atoms with Crippen LogP contribution in [0.25, 0.3) is 5.82 Å². The highest BCUT2D eigenvalue weighted by atomic mass is 32.2. The van der Waals surface area contributed by atoms with E-state index in [0.29, 0.717) is 5.82 Å². The molecule has 0 aromatic carbocycles. The van der Waals surface area contributed by atoms with E-state index in [2.05, 4.69) is 14.8 Å². The molecule has 2 aromatic rings. The zero-order valence-electron chi connectivity index (χ0n) is 10.1. The molecule has 2 aromatic heterocycles. The monoisotopic (exact) mass is 266 g/mol. The van der Waals surface area contributed by atoms with E-state index in [0.717, 1.165) is 0 Å². The molecule has 0 saturated carbocycles. The third-order valence-electron chi connectivity index (χ3n) is 2.14. The fourth-order valence-electron chi connectivity index (χ4n) is 1.44. The van der Waals surface area contributed by atoms with Crippen LogP contribution >= 0.6 is 0 Å². The van der Waals surface area contributed by atoms with E-state index in [1.807, 2.05) is 6.07 Å². The zero-order valence-corrected chi connectivity index (χ0v) is 10.9. The first-order valence-corrected chi connectivity index (χ1v) is 6.96. The molecule has 0 atom stereocenters. The van der Waals surface area contributed by atoms with Gasteiger partial charge in [0, 0.05) is 12.2 Å². The molecule has 0 saturated heterocycles. The van der Waals surface area contributed by atoms with Gasteiger partial charge in [-0.1, -0.05) is 6.07 Å². The number of sulfonamides is 1. The van der Waals surface area contributed by atoms with Crippen molar-refractivity contribution < 1.29 is 8.42 Å². The first-order chi connectivity index (χ1) is 8.49. The van der Waals surface area contributed by atoms with Gasteiger partial charge in [0.15, 0.2) is 5.82 Å². The molecule has 2 heterocycles. The lowest BCUT2D eigenvalue weighted by Crippen LogP contribution is -2.29. The Kier molecular flexibility index (Phi) is 3.44. The van der Waals surface area contributed by atoms with E-state index < -0.39 is 10.0 Å². The van der Waals surface area contributed by atoms with Gasteiger partial charge in [0.25, 0.3) is 0 Å². The summed E-state index contributed by atoms with van der Waals surface area (Å²) in [5.41, 5.74) is 0. The van der Waals surface area contributed by atoms with Gasteiger partial charge in [-0.05, 0) is 26.0 Å². The van der Waals surface area contributed by atoms with Gasteiger partial charge in [-0.15, -0.1) is 0 Å². The lowest BCUT2D eigenvalue weighted by molar-refractivity contribution is 0.570. The molecule has 7 heteroatoms. The van der Waals surface area contributed by atoms with Gasteiger partial charge in [0.05, 0.1) is 12.4 Å². The van der Waals surface area contributed by atoms with Crippen LogP contribution in [0, 0.1) is 0 Å². The molecule has 18 heavy (non-hydrogen) atoms. The minimum atomic E-state index is -3.51. The second-order valence-corrected chi connectivity index (χ2v) is 5.80. The third-order valence-corrected chi connectivity index (χ3v) is 3.76. The van der Waals surface area contributed by atoms with Crippen molar-refractivity contribution in [3.63, 3.8) is 0 Å². The molecule has 0 aliphatic carbocycles. The van der Waals surface area contributed by atoms with E-state index in [4.69, 9.17) is 0 Å². The van der Waals surface area contributed by atoms with Crippen molar-refractivity contribution in [2.24, 2.45) is 0 Å². The van der Waals surface area contributed by atoms with E-state index >= 15 is 0 Å². The summed E-state index contributed by atoms with van der Waals surface area (Å²) in [4.78, 5) is 4.22. The number of rotatable bonds is 4. The minimum Gasteiger partial charge on any atom is -0.237 e. The Bertz CT molecular complexity index is 620. The zero-order chi connectivity index (χ0) is 13.2. The molecule has 0 aliphatic heterocycles. The molecular formula is C11H14N4O2S. The Morgan fingerprint density at radius 3 is 2.72 bits per heavy atom. The number of nitrogens with zero attached hydrogens (tertiary/aromatic N) is 3. The largest absolute Gasteiger partial charge is 0.243 e. The van der Waals surface area contributed by atoms with Crippen LogP contribution < -0.4 is 4.72 Å². The summed E-state index contributed by atoms with van der Waals surface area (Å²) in [5.74, 6) is 0.573. The number of hydrogen-bond donors (Lipinski definition) is 1. The highest BCUT2D eigenvalue weighted by molar-refractivity contribution is 7.89. The maximum Gasteiger partial charge on any atom is 0.243 e. The van der Waals surface area contributed by atoms with Crippen molar-refractivity contribution in [2.45, 2.75) is 24.8 Å².